The molecule has 3 aromatic rings. The Balaban J connectivity index is 2.24. The number of hydrogen-bond donors (Lipinski definition) is 0. The van der Waals surface area contributed by atoms with Crippen LogP contribution in [0.3, 0.4) is 0 Å². The molecule has 25 heavy (non-hydrogen) atoms. The van der Waals surface area contributed by atoms with Gasteiger partial charge >= 0.3 is 4.87 Å². The molecule has 1 aromatic heterocycles. The van der Waals surface area contributed by atoms with E-state index in [4.69, 9.17) is 0 Å². The molecular weight excluding hydrogens is 368 g/mol. The van der Waals surface area contributed by atoms with Crippen LogP contribution in [0.5, 0.6) is 0 Å². The summed E-state index contributed by atoms with van der Waals surface area (Å²) in [5, 5.41) is 1.42. The Morgan fingerprint density at radius 3 is 2.28 bits per heavy atom. The number of sulfone groups is 1. The molecule has 0 aliphatic rings. The second-order valence-electron chi connectivity index (χ2n) is 5.59. The molecule has 0 bridgehead atoms. The molecule has 2 aromatic carbocycles. The maximum absolute atomic E-state index is 14.5. The number of nitrogens with zero attached hydrogens (tertiary/aromatic N) is 1. The molecule has 0 atom stereocenters. The summed E-state index contributed by atoms with van der Waals surface area (Å²) in [6.07, 6.45) is 0.803. The quantitative estimate of drug-likeness (QED) is 0.697. The summed E-state index contributed by atoms with van der Waals surface area (Å²) in [4.78, 5) is 11.1. The molecule has 0 fully saturated rings. The fraction of sp³-hybridized carbons (Fsp3) is 0.118. The average Bonchev–Trinajstić information content (AvgIpc) is 2.90. The topological polar surface area (TPSA) is 56.1 Å². The van der Waals surface area contributed by atoms with Crippen LogP contribution in [0.1, 0.15) is 5.56 Å². The van der Waals surface area contributed by atoms with Gasteiger partial charge in [0.2, 0.25) is 0 Å². The highest BCUT2D eigenvalue weighted by molar-refractivity contribution is 7.90. The third-order valence-electron chi connectivity index (χ3n) is 3.68. The summed E-state index contributed by atoms with van der Waals surface area (Å²) >= 11 is 0.849. The maximum Gasteiger partial charge on any atom is 0.312 e. The summed E-state index contributed by atoms with van der Waals surface area (Å²) in [6, 6.07) is 8.44. The highest BCUT2D eigenvalue weighted by Crippen LogP contribution is 2.29. The Morgan fingerprint density at radius 1 is 1.04 bits per heavy atom. The van der Waals surface area contributed by atoms with Gasteiger partial charge in [-0.15, -0.1) is 0 Å². The van der Waals surface area contributed by atoms with Crippen LogP contribution in [0.2, 0.25) is 0 Å². The molecule has 1 heterocycles. The number of benzene rings is 2. The van der Waals surface area contributed by atoms with E-state index in [-0.39, 0.29) is 16.1 Å². The van der Waals surface area contributed by atoms with Gasteiger partial charge in [0.15, 0.2) is 9.84 Å². The van der Waals surface area contributed by atoms with Crippen LogP contribution in [-0.2, 0) is 9.84 Å². The number of rotatable bonds is 3. The number of aryl methyl sites for hydroxylation is 1. The standard InChI is InChI=1S/C17H13F2NO3S2/c1-10-3-5-11(6-4-10)20-15(9-24-17(20)21)12-7-14(19)16(8-13(12)18)25(2,22)23/h3-9H,1-2H3. The van der Waals surface area contributed by atoms with Crippen LogP contribution in [0.25, 0.3) is 16.9 Å². The lowest BCUT2D eigenvalue weighted by Gasteiger charge is -2.10. The highest BCUT2D eigenvalue weighted by Gasteiger charge is 2.21. The first-order valence-electron chi connectivity index (χ1n) is 7.15. The van der Waals surface area contributed by atoms with E-state index in [1.54, 1.807) is 24.3 Å². The molecular formula is C17H13F2NO3S2. The van der Waals surface area contributed by atoms with Gasteiger partial charge in [0.05, 0.1) is 11.4 Å². The van der Waals surface area contributed by atoms with Crippen molar-refractivity contribution in [3.63, 3.8) is 0 Å². The van der Waals surface area contributed by atoms with E-state index in [0.717, 1.165) is 29.2 Å². The monoisotopic (exact) mass is 381 g/mol. The molecule has 0 saturated heterocycles. The SMILES string of the molecule is Cc1ccc(-n2c(-c3cc(F)c(S(C)(=O)=O)cc3F)csc2=O)cc1. The predicted octanol–water partition coefficient (Wildman–Crippen LogP) is 3.56. The van der Waals surface area contributed by atoms with Gasteiger partial charge in [0.25, 0.3) is 0 Å². The molecule has 0 spiro atoms. The minimum atomic E-state index is -3.90. The third kappa shape index (κ3) is 3.27. The van der Waals surface area contributed by atoms with Gasteiger partial charge in [-0.25, -0.2) is 17.2 Å². The van der Waals surface area contributed by atoms with Gasteiger partial charge in [-0.2, -0.15) is 0 Å². The normalized spacial score (nSPS) is 11.7. The Labute approximate surface area is 146 Å². The van der Waals surface area contributed by atoms with Gasteiger partial charge in [-0.1, -0.05) is 29.0 Å². The second-order valence-corrected chi connectivity index (χ2v) is 8.40. The summed E-state index contributed by atoms with van der Waals surface area (Å²) < 4.78 is 53.0. The van der Waals surface area contributed by atoms with Crippen molar-refractivity contribution >= 4 is 21.2 Å². The number of halogens is 2. The van der Waals surface area contributed by atoms with E-state index < -0.39 is 26.4 Å². The maximum atomic E-state index is 14.5. The van der Waals surface area contributed by atoms with Crippen molar-refractivity contribution in [1.29, 1.82) is 0 Å². The zero-order valence-corrected chi connectivity index (χ0v) is 14.9. The zero-order chi connectivity index (χ0) is 18.4. The second kappa shape index (κ2) is 6.20. The lowest BCUT2D eigenvalue weighted by molar-refractivity contribution is 0.557. The third-order valence-corrected chi connectivity index (χ3v) is 5.52. The van der Waals surface area contributed by atoms with Crippen molar-refractivity contribution < 1.29 is 17.2 Å². The zero-order valence-electron chi connectivity index (χ0n) is 13.3. The Morgan fingerprint density at radius 2 is 1.68 bits per heavy atom. The largest absolute Gasteiger partial charge is 0.312 e. The van der Waals surface area contributed by atoms with Gasteiger partial charge < -0.3 is 0 Å². The van der Waals surface area contributed by atoms with Crippen molar-refractivity contribution in [2.75, 3.05) is 6.26 Å². The van der Waals surface area contributed by atoms with Crippen molar-refractivity contribution in [2.45, 2.75) is 11.8 Å². The van der Waals surface area contributed by atoms with E-state index in [0.29, 0.717) is 11.8 Å². The first-order chi connectivity index (χ1) is 11.7. The Bertz CT molecular complexity index is 1110. The molecule has 8 heteroatoms. The number of thiazole rings is 1. The molecule has 3 rings (SSSR count). The molecule has 0 amide bonds. The van der Waals surface area contributed by atoms with E-state index in [1.807, 2.05) is 6.92 Å². The first-order valence-corrected chi connectivity index (χ1v) is 9.92. The molecule has 4 nitrogen and oxygen atoms in total. The van der Waals surface area contributed by atoms with Crippen LogP contribution < -0.4 is 4.87 Å². The van der Waals surface area contributed by atoms with Gasteiger partial charge in [0.1, 0.15) is 16.5 Å². The average molecular weight is 381 g/mol. The van der Waals surface area contributed by atoms with Crippen molar-refractivity contribution in [2.24, 2.45) is 0 Å². The minimum Gasteiger partial charge on any atom is -0.267 e. The summed E-state index contributed by atoms with van der Waals surface area (Å²) in [5.41, 5.74) is 1.49. The minimum absolute atomic E-state index is 0.162. The van der Waals surface area contributed by atoms with Crippen LogP contribution in [0.4, 0.5) is 8.78 Å². The van der Waals surface area contributed by atoms with E-state index in [1.165, 1.54) is 9.95 Å². The van der Waals surface area contributed by atoms with Gasteiger partial charge in [0, 0.05) is 17.2 Å². The lowest BCUT2D eigenvalue weighted by atomic mass is 10.1. The van der Waals surface area contributed by atoms with Crippen LogP contribution in [0, 0.1) is 18.6 Å². The Kier molecular flexibility index (Phi) is 4.34. The molecule has 0 saturated carbocycles. The fourth-order valence-corrected chi connectivity index (χ4v) is 3.93. The predicted molar refractivity (Wildman–Crippen MR) is 93.1 cm³/mol. The smallest absolute Gasteiger partial charge is 0.267 e. The van der Waals surface area contributed by atoms with Gasteiger partial charge in [-0.3, -0.25) is 9.36 Å². The molecule has 0 radical (unpaired) electrons. The number of aromatic nitrogens is 1. The lowest BCUT2D eigenvalue weighted by Crippen LogP contribution is -2.12. The van der Waals surface area contributed by atoms with E-state index in [9.17, 15) is 22.0 Å². The summed E-state index contributed by atoms with van der Waals surface area (Å²) in [6.45, 7) is 1.89. The van der Waals surface area contributed by atoms with E-state index >= 15 is 0 Å². The summed E-state index contributed by atoms with van der Waals surface area (Å²) in [7, 11) is -3.90. The highest BCUT2D eigenvalue weighted by atomic mass is 32.2. The molecule has 0 N–H and O–H groups in total. The van der Waals surface area contributed by atoms with Crippen LogP contribution in [0.15, 0.2) is 51.5 Å². The van der Waals surface area contributed by atoms with Crippen molar-refractivity contribution in [1.82, 2.24) is 4.57 Å². The van der Waals surface area contributed by atoms with Crippen molar-refractivity contribution in [3.8, 4) is 16.9 Å². The van der Waals surface area contributed by atoms with Crippen LogP contribution >= 0.6 is 11.3 Å². The molecule has 0 unspecified atom stereocenters. The summed E-state index contributed by atoms with van der Waals surface area (Å²) in [5.74, 6) is -1.98. The molecule has 0 aliphatic carbocycles. The molecule has 0 aliphatic heterocycles. The Hall–Kier alpha value is -2.32. The van der Waals surface area contributed by atoms with Crippen molar-refractivity contribution in [3.05, 3.63) is 68.6 Å². The number of hydrogen-bond acceptors (Lipinski definition) is 4. The van der Waals surface area contributed by atoms with Gasteiger partial charge in [-0.05, 0) is 31.2 Å². The first kappa shape index (κ1) is 17.5. The van der Waals surface area contributed by atoms with E-state index in [2.05, 4.69) is 0 Å². The fourth-order valence-electron chi connectivity index (χ4n) is 2.44. The van der Waals surface area contributed by atoms with Crippen LogP contribution in [-0.4, -0.2) is 19.2 Å². The molecule has 130 valence electrons.